The number of fused-ring (bicyclic) bond motifs is 2. The van der Waals surface area contributed by atoms with E-state index in [0.29, 0.717) is 5.92 Å². The number of rotatable bonds is 0. The summed E-state index contributed by atoms with van der Waals surface area (Å²) >= 11 is 0. The number of ether oxygens (including phenoxy) is 1. The zero-order valence-electron chi connectivity index (χ0n) is 10.7. The van der Waals surface area contributed by atoms with E-state index in [1.165, 1.54) is 12.0 Å². The molecule has 0 spiro atoms. The van der Waals surface area contributed by atoms with Gasteiger partial charge < -0.3 is 4.74 Å². The Morgan fingerprint density at radius 3 is 3.00 bits per heavy atom. The van der Waals surface area contributed by atoms with E-state index in [9.17, 15) is 4.79 Å². The molecule has 0 saturated heterocycles. The van der Waals surface area contributed by atoms with Gasteiger partial charge in [-0.05, 0) is 49.2 Å². The molecule has 0 bridgehead atoms. The highest BCUT2D eigenvalue weighted by Gasteiger charge is 2.43. The van der Waals surface area contributed by atoms with Crippen LogP contribution in [0.1, 0.15) is 40.0 Å². The van der Waals surface area contributed by atoms with Crippen molar-refractivity contribution in [1.82, 2.24) is 0 Å². The minimum atomic E-state index is -0.165. The molecule has 90 valence electrons. The largest absolute Gasteiger partial charge is 0.423 e. The third kappa shape index (κ3) is 1.36. The van der Waals surface area contributed by atoms with Crippen LogP contribution in [0.3, 0.4) is 0 Å². The van der Waals surface area contributed by atoms with Gasteiger partial charge in [0.05, 0.1) is 0 Å². The van der Waals surface area contributed by atoms with Crippen molar-refractivity contribution in [3.8, 4) is 0 Å². The van der Waals surface area contributed by atoms with E-state index in [-0.39, 0.29) is 11.4 Å². The number of hydrogen-bond acceptors (Lipinski definition) is 2. The van der Waals surface area contributed by atoms with Crippen molar-refractivity contribution in [1.29, 1.82) is 0 Å². The summed E-state index contributed by atoms with van der Waals surface area (Å²) in [5, 5.41) is 0. The molecule has 0 amide bonds. The molecule has 0 aromatic carbocycles. The van der Waals surface area contributed by atoms with E-state index in [1.54, 1.807) is 0 Å². The van der Waals surface area contributed by atoms with E-state index in [4.69, 9.17) is 4.74 Å². The van der Waals surface area contributed by atoms with Crippen LogP contribution in [0.25, 0.3) is 0 Å². The second-order valence-electron chi connectivity index (χ2n) is 5.73. The zero-order chi connectivity index (χ0) is 12.2. The van der Waals surface area contributed by atoms with Gasteiger partial charge in [0.25, 0.3) is 0 Å². The first-order valence-corrected chi connectivity index (χ1v) is 6.37. The van der Waals surface area contributed by atoms with Crippen molar-refractivity contribution in [3.05, 3.63) is 34.6 Å². The van der Waals surface area contributed by atoms with Crippen LogP contribution in [-0.2, 0) is 9.53 Å². The molecule has 0 saturated carbocycles. The minimum Gasteiger partial charge on any atom is -0.423 e. The van der Waals surface area contributed by atoms with Gasteiger partial charge in [-0.3, -0.25) is 0 Å². The molecule has 0 aromatic rings. The van der Waals surface area contributed by atoms with Crippen LogP contribution in [0, 0.1) is 11.3 Å². The first-order chi connectivity index (χ1) is 8.02. The van der Waals surface area contributed by atoms with Crippen LogP contribution in [0.4, 0.5) is 0 Å². The highest BCUT2D eigenvalue weighted by atomic mass is 16.5. The lowest BCUT2D eigenvalue weighted by atomic mass is 9.61. The third-order valence-corrected chi connectivity index (χ3v) is 4.80. The fourth-order valence-electron chi connectivity index (χ4n) is 3.22. The Hall–Kier alpha value is -1.31. The summed E-state index contributed by atoms with van der Waals surface area (Å²) < 4.78 is 5.31. The van der Waals surface area contributed by atoms with Crippen LogP contribution < -0.4 is 0 Å². The Morgan fingerprint density at radius 2 is 2.24 bits per heavy atom. The standard InChI is InChI=1S/C15H18O2/c1-9-5-4-6-11-7-13-12(8-15(9,11)3)10(2)14(16)17-13/h6-7,9H,4-5,8H2,1-3H3/t9-,15+/m0/s1. The summed E-state index contributed by atoms with van der Waals surface area (Å²) in [6, 6.07) is 0. The Bertz CT molecular complexity index is 493. The molecule has 3 rings (SSSR count). The number of carbonyl (C=O) groups is 1. The van der Waals surface area contributed by atoms with E-state index in [0.717, 1.165) is 29.7 Å². The van der Waals surface area contributed by atoms with Crippen LogP contribution in [-0.4, -0.2) is 5.97 Å². The monoisotopic (exact) mass is 230 g/mol. The van der Waals surface area contributed by atoms with Gasteiger partial charge in [0.15, 0.2) is 0 Å². The van der Waals surface area contributed by atoms with Crippen molar-refractivity contribution >= 4 is 5.97 Å². The second kappa shape index (κ2) is 3.34. The maximum Gasteiger partial charge on any atom is 0.339 e. The number of carbonyl (C=O) groups excluding carboxylic acids is 1. The Kier molecular flexibility index (Phi) is 2.13. The Balaban J connectivity index is 2.14. The molecule has 0 radical (unpaired) electrons. The third-order valence-electron chi connectivity index (χ3n) is 4.80. The highest BCUT2D eigenvalue weighted by Crippen LogP contribution is 2.53. The molecule has 0 fully saturated rings. The van der Waals surface area contributed by atoms with Crippen molar-refractivity contribution < 1.29 is 9.53 Å². The number of esters is 1. The molecule has 2 atom stereocenters. The average Bonchev–Trinajstić information content (AvgIpc) is 2.55. The molecule has 2 heteroatoms. The fraction of sp³-hybridized carbons (Fsp3) is 0.533. The van der Waals surface area contributed by atoms with Gasteiger partial charge in [-0.2, -0.15) is 0 Å². The maximum atomic E-state index is 11.6. The fourth-order valence-corrected chi connectivity index (χ4v) is 3.22. The van der Waals surface area contributed by atoms with Crippen LogP contribution in [0.2, 0.25) is 0 Å². The molecule has 0 unspecified atom stereocenters. The molecule has 2 aliphatic carbocycles. The topological polar surface area (TPSA) is 26.3 Å². The predicted octanol–water partition coefficient (Wildman–Crippen LogP) is 3.51. The Morgan fingerprint density at radius 1 is 1.47 bits per heavy atom. The molecular formula is C15H18O2. The van der Waals surface area contributed by atoms with Gasteiger partial charge >= 0.3 is 5.97 Å². The van der Waals surface area contributed by atoms with E-state index < -0.39 is 0 Å². The van der Waals surface area contributed by atoms with E-state index in [2.05, 4.69) is 26.0 Å². The molecule has 2 nitrogen and oxygen atoms in total. The molecule has 17 heavy (non-hydrogen) atoms. The van der Waals surface area contributed by atoms with Crippen molar-refractivity contribution in [3.63, 3.8) is 0 Å². The summed E-state index contributed by atoms with van der Waals surface area (Å²) in [4.78, 5) is 11.6. The molecule has 3 aliphatic rings. The summed E-state index contributed by atoms with van der Waals surface area (Å²) in [7, 11) is 0. The summed E-state index contributed by atoms with van der Waals surface area (Å²) in [5.41, 5.74) is 3.47. The highest BCUT2D eigenvalue weighted by molar-refractivity contribution is 5.94. The molecule has 0 N–H and O–H groups in total. The lowest BCUT2D eigenvalue weighted by molar-refractivity contribution is -0.133. The summed E-state index contributed by atoms with van der Waals surface area (Å²) in [6.07, 6.45) is 7.73. The lowest BCUT2D eigenvalue weighted by Crippen LogP contribution is -2.32. The van der Waals surface area contributed by atoms with Crippen molar-refractivity contribution in [2.24, 2.45) is 11.3 Å². The quantitative estimate of drug-likeness (QED) is 0.595. The SMILES string of the molecule is CC1=C2C[C@@]3(C)C(=CCC[C@@H]3C)C=C2OC1=O. The lowest BCUT2D eigenvalue weighted by Gasteiger charge is -2.43. The number of hydrogen-bond donors (Lipinski definition) is 0. The smallest absolute Gasteiger partial charge is 0.339 e. The van der Waals surface area contributed by atoms with Gasteiger partial charge in [-0.1, -0.05) is 19.9 Å². The van der Waals surface area contributed by atoms with Crippen molar-refractivity contribution in [2.45, 2.75) is 40.0 Å². The number of allylic oxidation sites excluding steroid dienone is 4. The first-order valence-electron chi connectivity index (χ1n) is 6.37. The van der Waals surface area contributed by atoms with E-state index in [1.807, 2.05) is 6.92 Å². The minimum absolute atomic E-state index is 0.165. The molecular weight excluding hydrogens is 212 g/mol. The van der Waals surface area contributed by atoms with Gasteiger partial charge in [-0.25, -0.2) is 4.79 Å². The molecule has 1 aliphatic heterocycles. The van der Waals surface area contributed by atoms with E-state index >= 15 is 0 Å². The summed E-state index contributed by atoms with van der Waals surface area (Å²) in [5.74, 6) is 1.29. The van der Waals surface area contributed by atoms with Gasteiger partial charge in [0, 0.05) is 11.1 Å². The Labute approximate surface area is 102 Å². The van der Waals surface area contributed by atoms with Crippen molar-refractivity contribution in [2.75, 3.05) is 0 Å². The van der Waals surface area contributed by atoms with Gasteiger partial charge in [0.2, 0.25) is 0 Å². The molecule has 1 heterocycles. The second-order valence-corrected chi connectivity index (χ2v) is 5.73. The zero-order valence-corrected chi connectivity index (χ0v) is 10.7. The first kappa shape index (κ1) is 10.8. The van der Waals surface area contributed by atoms with Crippen LogP contribution in [0.15, 0.2) is 34.6 Å². The van der Waals surface area contributed by atoms with Gasteiger partial charge in [-0.15, -0.1) is 0 Å². The van der Waals surface area contributed by atoms with Crippen LogP contribution >= 0.6 is 0 Å². The maximum absolute atomic E-state index is 11.6. The predicted molar refractivity (Wildman–Crippen MR) is 66.1 cm³/mol. The van der Waals surface area contributed by atoms with Crippen LogP contribution in [0.5, 0.6) is 0 Å². The average molecular weight is 230 g/mol. The normalized spacial score (nSPS) is 35.9. The molecule has 0 aromatic heterocycles. The summed E-state index contributed by atoms with van der Waals surface area (Å²) in [6.45, 7) is 6.52. The van der Waals surface area contributed by atoms with Gasteiger partial charge in [0.1, 0.15) is 5.76 Å².